The highest BCUT2D eigenvalue weighted by atomic mass is 15.2. The van der Waals surface area contributed by atoms with E-state index in [1.165, 1.54) is 6.42 Å². The second-order valence-electron chi connectivity index (χ2n) is 6.27. The highest BCUT2D eigenvalue weighted by Gasteiger charge is 2.23. The Bertz CT molecular complexity index is 916. The molecule has 0 bridgehead atoms. The summed E-state index contributed by atoms with van der Waals surface area (Å²) in [4.78, 5) is 7.13. The zero-order valence-electron chi connectivity index (χ0n) is 12.9. The van der Waals surface area contributed by atoms with Crippen LogP contribution in [0.2, 0.25) is 0 Å². The van der Waals surface area contributed by atoms with Crippen molar-refractivity contribution in [3.63, 3.8) is 0 Å². The number of aryl methyl sites for hydroxylation is 1. The van der Waals surface area contributed by atoms with Crippen molar-refractivity contribution in [3.05, 3.63) is 41.5 Å². The molecule has 1 saturated heterocycles. The van der Waals surface area contributed by atoms with Gasteiger partial charge in [0, 0.05) is 13.1 Å². The molecule has 1 aliphatic heterocycles. The lowest BCUT2D eigenvalue weighted by Crippen LogP contribution is -2.22. The van der Waals surface area contributed by atoms with Crippen molar-refractivity contribution >= 4 is 22.5 Å². The molecular formula is C18H18N4. The van der Waals surface area contributed by atoms with E-state index in [4.69, 9.17) is 4.98 Å². The lowest BCUT2D eigenvalue weighted by atomic mass is 10.1. The summed E-state index contributed by atoms with van der Waals surface area (Å²) in [6.45, 7) is 6.42. The first kappa shape index (κ1) is 13.1. The molecule has 0 saturated carbocycles. The minimum Gasteiger partial charge on any atom is -0.357 e. The maximum Gasteiger partial charge on any atom is 0.157 e. The maximum absolute atomic E-state index is 9.52. The standard InChI is InChI=1S/C18H18N4/c1-12-7-8-21(11-12)17-9-13(2)14(10-19)18-20-15-5-3-4-6-16(15)22(17)18/h3-6,9,12H,7-8,11H2,1-2H3. The summed E-state index contributed by atoms with van der Waals surface area (Å²) in [7, 11) is 0. The van der Waals surface area contributed by atoms with E-state index in [1.807, 2.05) is 25.1 Å². The molecule has 1 atom stereocenters. The van der Waals surface area contributed by atoms with Gasteiger partial charge in [-0.15, -0.1) is 0 Å². The van der Waals surface area contributed by atoms with Gasteiger partial charge in [-0.05, 0) is 43.0 Å². The Labute approximate surface area is 129 Å². The molecule has 1 aliphatic rings. The molecule has 0 radical (unpaired) electrons. The SMILES string of the molecule is Cc1cc(N2CCC(C)C2)n2c(nc3ccccc32)c1C#N. The summed E-state index contributed by atoms with van der Waals surface area (Å²) < 4.78 is 2.15. The van der Waals surface area contributed by atoms with Crippen LogP contribution in [0.15, 0.2) is 30.3 Å². The molecule has 0 aliphatic carbocycles. The quantitative estimate of drug-likeness (QED) is 0.689. The third-order valence-electron chi connectivity index (χ3n) is 4.61. The fourth-order valence-corrected chi connectivity index (χ4v) is 3.45. The van der Waals surface area contributed by atoms with Crippen LogP contribution in [0.1, 0.15) is 24.5 Å². The minimum atomic E-state index is 0.673. The van der Waals surface area contributed by atoms with Crippen molar-refractivity contribution in [2.75, 3.05) is 18.0 Å². The number of para-hydroxylation sites is 2. The molecule has 0 spiro atoms. The molecule has 4 nitrogen and oxygen atoms in total. The molecule has 3 heterocycles. The summed E-state index contributed by atoms with van der Waals surface area (Å²) in [6, 6.07) is 12.6. The van der Waals surface area contributed by atoms with Gasteiger partial charge in [-0.25, -0.2) is 4.98 Å². The van der Waals surface area contributed by atoms with E-state index >= 15 is 0 Å². The Morgan fingerprint density at radius 1 is 1.32 bits per heavy atom. The average Bonchev–Trinajstić information content (AvgIpc) is 3.10. The van der Waals surface area contributed by atoms with Crippen molar-refractivity contribution in [3.8, 4) is 6.07 Å². The van der Waals surface area contributed by atoms with Gasteiger partial charge in [0.05, 0.1) is 16.6 Å². The third-order valence-corrected chi connectivity index (χ3v) is 4.61. The number of hydrogen-bond acceptors (Lipinski definition) is 3. The van der Waals surface area contributed by atoms with Crippen LogP contribution in [0.4, 0.5) is 5.82 Å². The third kappa shape index (κ3) is 1.79. The van der Waals surface area contributed by atoms with Crippen molar-refractivity contribution in [2.45, 2.75) is 20.3 Å². The lowest BCUT2D eigenvalue weighted by Gasteiger charge is -2.21. The van der Waals surface area contributed by atoms with Gasteiger partial charge >= 0.3 is 0 Å². The summed E-state index contributed by atoms with van der Waals surface area (Å²) in [5, 5.41) is 9.52. The maximum atomic E-state index is 9.52. The molecular weight excluding hydrogens is 272 g/mol. The molecule has 2 aromatic heterocycles. The van der Waals surface area contributed by atoms with Crippen molar-refractivity contribution in [1.82, 2.24) is 9.38 Å². The predicted molar refractivity (Wildman–Crippen MR) is 88.1 cm³/mol. The minimum absolute atomic E-state index is 0.673. The Balaban J connectivity index is 2.10. The molecule has 4 rings (SSSR count). The number of imidazole rings is 1. The summed E-state index contributed by atoms with van der Waals surface area (Å²) in [5.74, 6) is 1.87. The van der Waals surface area contributed by atoms with Gasteiger partial charge in [-0.1, -0.05) is 19.1 Å². The van der Waals surface area contributed by atoms with E-state index in [0.717, 1.165) is 41.2 Å². The van der Waals surface area contributed by atoms with Crippen LogP contribution >= 0.6 is 0 Å². The molecule has 3 aromatic rings. The number of fused-ring (bicyclic) bond motifs is 3. The number of hydrogen-bond donors (Lipinski definition) is 0. The van der Waals surface area contributed by atoms with Crippen LogP contribution in [0.25, 0.3) is 16.7 Å². The zero-order chi connectivity index (χ0) is 15.3. The Hall–Kier alpha value is -2.54. The molecule has 4 heteroatoms. The van der Waals surface area contributed by atoms with Crippen LogP contribution < -0.4 is 4.90 Å². The van der Waals surface area contributed by atoms with Crippen LogP contribution in [-0.4, -0.2) is 22.5 Å². The topological polar surface area (TPSA) is 44.3 Å². The van der Waals surface area contributed by atoms with E-state index in [2.05, 4.69) is 34.4 Å². The number of aromatic nitrogens is 2. The highest BCUT2D eigenvalue weighted by Crippen LogP contribution is 2.31. The normalized spacial score (nSPS) is 18.2. The van der Waals surface area contributed by atoms with Crippen LogP contribution in [0.5, 0.6) is 0 Å². The van der Waals surface area contributed by atoms with Gasteiger partial charge < -0.3 is 4.90 Å². The number of rotatable bonds is 1. The summed E-state index contributed by atoms with van der Waals surface area (Å²) in [6.07, 6.45) is 1.22. The van der Waals surface area contributed by atoms with Crippen LogP contribution in [-0.2, 0) is 0 Å². The molecule has 1 fully saturated rings. The van der Waals surface area contributed by atoms with Gasteiger partial charge in [0.1, 0.15) is 11.9 Å². The molecule has 1 aromatic carbocycles. The first-order chi connectivity index (χ1) is 10.7. The number of anilines is 1. The van der Waals surface area contributed by atoms with Gasteiger partial charge in [0.2, 0.25) is 0 Å². The molecule has 0 N–H and O–H groups in total. The number of nitrogens with zero attached hydrogens (tertiary/aromatic N) is 4. The predicted octanol–water partition coefficient (Wildman–Crippen LogP) is 3.51. The van der Waals surface area contributed by atoms with E-state index in [9.17, 15) is 5.26 Å². The van der Waals surface area contributed by atoms with E-state index < -0.39 is 0 Å². The number of benzene rings is 1. The zero-order valence-corrected chi connectivity index (χ0v) is 12.9. The van der Waals surface area contributed by atoms with E-state index in [-0.39, 0.29) is 0 Å². The second-order valence-corrected chi connectivity index (χ2v) is 6.27. The van der Waals surface area contributed by atoms with Crippen LogP contribution in [0.3, 0.4) is 0 Å². The summed E-state index contributed by atoms with van der Waals surface area (Å²) in [5.41, 5.74) is 4.46. The van der Waals surface area contributed by atoms with Gasteiger partial charge in [-0.3, -0.25) is 4.40 Å². The molecule has 110 valence electrons. The Morgan fingerprint density at radius 2 is 2.14 bits per heavy atom. The van der Waals surface area contributed by atoms with Crippen molar-refractivity contribution in [2.24, 2.45) is 5.92 Å². The van der Waals surface area contributed by atoms with Crippen LogP contribution in [0, 0.1) is 24.2 Å². The summed E-state index contributed by atoms with van der Waals surface area (Å²) >= 11 is 0. The lowest BCUT2D eigenvalue weighted by molar-refractivity contribution is 0.658. The Morgan fingerprint density at radius 3 is 2.86 bits per heavy atom. The smallest absolute Gasteiger partial charge is 0.157 e. The molecule has 1 unspecified atom stereocenters. The average molecular weight is 290 g/mol. The first-order valence-corrected chi connectivity index (χ1v) is 7.75. The van der Waals surface area contributed by atoms with E-state index in [0.29, 0.717) is 11.5 Å². The fraction of sp³-hybridized carbons (Fsp3) is 0.333. The Kier molecular flexibility index (Phi) is 2.83. The number of pyridine rings is 1. The first-order valence-electron chi connectivity index (χ1n) is 7.75. The van der Waals surface area contributed by atoms with E-state index in [1.54, 1.807) is 0 Å². The molecule has 0 amide bonds. The number of nitriles is 1. The van der Waals surface area contributed by atoms with Gasteiger partial charge in [0.25, 0.3) is 0 Å². The fourth-order valence-electron chi connectivity index (χ4n) is 3.45. The van der Waals surface area contributed by atoms with Crippen molar-refractivity contribution in [1.29, 1.82) is 5.26 Å². The second kappa shape index (κ2) is 4.74. The highest BCUT2D eigenvalue weighted by molar-refractivity contribution is 5.85. The van der Waals surface area contributed by atoms with Crippen molar-refractivity contribution < 1.29 is 0 Å². The largest absolute Gasteiger partial charge is 0.357 e. The molecule has 22 heavy (non-hydrogen) atoms. The monoisotopic (exact) mass is 290 g/mol. The van der Waals surface area contributed by atoms with Gasteiger partial charge in [0.15, 0.2) is 5.65 Å². The van der Waals surface area contributed by atoms with Gasteiger partial charge in [-0.2, -0.15) is 5.26 Å².